The van der Waals surface area contributed by atoms with Crippen LogP contribution in [0.4, 0.5) is 5.69 Å². The number of rotatable bonds is 5. The van der Waals surface area contributed by atoms with Crippen LogP contribution in [0.1, 0.15) is 15.9 Å². The molecule has 0 aliphatic heterocycles. The van der Waals surface area contributed by atoms with E-state index in [0.717, 1.165) is 11.8 Å². The summed E-state index contributed by atoms with van der Waals surface area (Å²) in [6.07, 6.45) is 0. The maximum atomic E-state index is 11.9. The molecule has 0 bridgehead atoms. The number of ether oxygens (including phenoxy) is 2. The minimum absolute atomic E-state index is 0.167. The normalized spacial score (nSPS) is 9.83. The van der Waals surface area contributed by atoms with E-state index in [1.54, 1.807) is 19.1 Å². The van der Waals surface area contributed by atoms with Crippen molar-refractivity contribution in [3.05, 3.63) is 23.3 Å². The lowest BCUT2D eigenvalue weighted by Crippen LogP contribution is -2.13. The topological polar surface area (TPSA) is 85.3 Å². The van der Waals surface area contributed by atoms with E-state index in [9.17, 15) is 4.79 Å². The zero-order valence-electron chi connectivity index (χ0n) is 10.2. The zero-order chi connectivity index (χ0) is 13.5. The van der Waals surface area contributed by atoms with E-state index in [1.165, 1.54) is 7.11 Å². The van der Waals surface area contributed by atoms with Crippen molar-refractivity contribution in [1.29, 1.82) is 5.26 Å². The van der Waals surface area contributed by atoms with Crippen molar-refractivity contribution < 1.29 is 14.3 Å². The molecular weight excluding hydrogens is 252 g/mol. The van der Waals surface area contributed by atoms with E-state index < -0.39 is 5.97 Å². The molecule has 1 aromatic rings. The molecule has 0 atom stereocenters. The van der Waals surface area contributed by atoms with Crippen molar-refractivity contribution in [3.8, 4) is 5.40 Å². The van der Waals surface area contributed by atoms with E-state index in [2.05, 4.69) is 0 Å². The lowest BCUT2D eigenvalue weighted by Gasteiger charge is -2.11. The number of benzene rings is 1. The Morgan fingerprint density at radius 3 is 2.83 bits per heavy atom. The molecule has 0 amide bonds. The Morgan fingerprint density at radius 2 is 2.22 bits per heavy atom. The maximum absolute atomic E-state index is 11.9. The molecule has 0 saturated heterocycles. The summed E-state index contributed by atoms with van der Waals surface area (Å²) in [6.45, 7) is 2.22. The molecule has 18 heavy (non-hydrogen) atoms. The minimum Gasteiger partial charge on any atom is -0.460 e. The fraction of sp³-hybridized carbons (Fsp3) is 0.333. The van der Waals surface area contributed by atoms with Gasteiger partial charge >= 0.3 is 5.97 Å². The highest BCUT2D eigenvalue weighted by Crippen LogP contribution is 2.28. The summed E-state index contributed by atoms with van der Waals surface area (Å²) in [5.74, 6) is -0.491. The van der Waals surface area contributed by atoms with Crippen molar-refractivity contribution in [2.24, 2.45) is 0 Å². The molecule has 0 aliphatic rings. The first kappa shape index (κ1) is 14.4. The van der Waals surface area contributed by atoms with Crippen LogP contribution < -0.4 is 5.73 Å². The van der Waals surface area contributed by atoms with Gasteiger partial charge in [-0.25, -0.2) is 4.79 Å². The predicted molar refractivity (Wildman–Crippen MR) is 69.2 cm³/mol. The summed E-state index contributed by atoms with van der Waals surface area (Å²) in [6, 6.07) is 3.31. The molecule has 0 radical (unpaired) electrons. The van der Waals surface area contributed by atoms with E-state index >= 15 is 0 Å². The number of methoxy groups -OCH3 is 1. The fourth-order valence-corrected chi connectivity index (χ4v) is 1.95. The minimum atomic E-state index is -0.491. The first-order chi connectivity index (χ1) is 8.61. The standard InChI is InChI=1S/C12H14N2O3S/c1-8-9(14)3-4-10(18-7-13)11(8)12(15)17-6-5-16-2/h3-4H,5-6,14H2,1-2H3. The molecule has 0 fully saturated rings. The summed E-state index contributed by atoms with van der Waals surface area (Å²) in [4.78, 5) is 12.5. The van der Waals surface area contributed by atoms with Gasteiger partial charge in [-0.1, -0.05) is 0 Å². The van der Waals surface area contributed by atoms with Crippen LogP contribution >= 0.6 is 11.8 Å². The van der Waals surface area contributed by atoms with Crippen molar-refractivity contribution in [2.45, 2.75) is 11.8 Å². The molecule has 6 heteroatoms. The Morgan fingerprint density at radius 1 is 1.50 bits per heavy atom. The van der Waals surface area contributed by atoms with Crippen LogP contribution in [0.5, 0.6) is 0 Å². The van der Waals surface area contributed by atoms with E-state index in [4.69, 9.17) is 20.5 Å². The Bertz CT molecular complexity index is 483. The second kappa shape index (κ2) is 6.89. The largest absolute Gasteiger partial charge is 0.460 e. The van der Waals surface area contributed by atoms with E-state index in [1.807, 2.05) is 5.40 Å². The van der Waals surface area contributed by atoms with E-state index in [-0.39, 0.29) is 6.61 Å². The SMILES string of the molecule is COCCOC(=O)c1c(SC#N)ccc(N)c1C. The Balaban J connectivity index is 3.01. The molecular formula is C12H14N2O3S. The smallest absolute Gasteiger partial charge is 0.339 e. The Kier molecular flexibility index (Phi) is 5.49. The first-order valence-electron chi connectivity index (χ1n) is 5.23. The van der Waals surface area contributed by atoms with Gasteiger partial charge in [0.05, 0.1) is 12.2 Å². The summed E-state index contributed by atoms with van der Waals surface area (Å²) in [7, 11) is 1.52. The second-order valence-electron chi connectivity index (χ2n) is 3.47. The fourth-order valence-electron chi connectivity index (χ4n) is 1.38. The highest BCUT2D eigenvalue weighted by atomic mass is 32.2. The predicted octanol–water partition coefficient (Wildman–Crippen LogP) is 1.95. The number of nitrogens with two attached hydrogens (primary N) is 1. The average Bonchev–Trinajstić information content (AvgIpc) is 2.34. The van der Waals surface area contributed by atoms with Gasteiger partial charge in [0.25, 0.3) is 0 Å². The molecule has 96 valence electrons. The van der Waals surface area contributed by atoms with Crippen molar-refractivity contribution >= 4 is 23.4 Å². The number of thioether (sulfide) groups is 1. The monoisotopic (exact) mass is 266 g/mol. The van der Waals surface area contributed by atoms with Gasteiger partial charge in [0.2, 0.25) is 0 Å². The number of thiocyanates is 1. The quantitative estimate of drug-likeness (QED) is 0.288. The van der Waals surface area contributed by atoms with Crippen LogP contribution in [-0.2, 0) is 9.47 Å². The molecule has 0 saturated carbocycles. The van der Waals surface area contributed by atoms with Crippen molar-refractivity contribution in [3.63, 3.8) is 0 Å². The molecule has 0 aromatic heterocycles. The Labute approximate surface area is 110 Å². The van der Waals surface area contributed by atoms with Gasteiger partial charge in [0.15, 0.2) is 0 Å². The third kappa shape index (κ3) is 3.39. The first-order valence-corrected chi connectivity index (χ1v) is 6.04. The number of nitriles is 1. The van der Waals surface area contributed by atoms with E-state index in [0.29, 0.717) is 28.3 Å². The summed E-state index contributed by atoms with van der Waals surface area (Å²) >= 11 is 0.910. The summed E-state index contributed by atoms with van der Waals surface area (Å²) in [5, 5.41) is 10.6. The van der Waals surface area contributed by atoms with Crippen LogP contribution in [0.2, 0.25) is 0 Å². The highest BCUT2D eigenvalue weighted by Gasteiger charge is 2.18. The Hall–Kier alpha value is -1.71. The molecule has 2 N–H and O–H groups in total. The number of nitrogen functional groups attached to an aromatic ring is 1. The molecule has 0 unspecified atom stereocenters. The number of carbonyl (C=O) groups is 1. The number of carbonyl (C=O) groups excluding carboxylic acids is 1. The molecule has 0 heterocycles. The van der Waals surface area contributed by atoms with Crippen LogP contribution in [0.3, 0.4) is 0 Å². The molecule has 5 nitrogen and oxygen atoms in total. The number of nitrogens with zero attached hydrogens (tertiary/aromatic N) is 1. The second-order valence-corrected chi connectivity index (χ2v) is 4.30. The van der Waals surface area contributed by atoms with Gasteiger partial charge < -0.3 is 15.2 Å². The van der Waals surface area contributed by atoms with Gasteiger partial charge in [-0.3, -0.25) is 0 Å². The number of anilines is 1. The summed E-state index contributed by atoms with van der Waals surface area (Å²) in [5.41, 5.74) is 7.22. The lowest BCUT2D eigenvalue weighted by atomic mass is 10.1. The average molecular weight is 266 g/mol. The lowest BCUT2D eigenvalue weighted by molar-refractivity contribution is 0.0383. The molecule has 1 rings (SSSR count). The third-order valence-corrected chi connectivity index (χ3v) is 3.00. The van der Waals surface area contributed by atoms with Crippen LogP contribution in [0, 0.1) is 17.6 Å². The summed E-state index contributed by atoms with van der Waals surface area (Å²) < 4.78 is 9.85. The van der Waals surface area contributed by atoms with Gasteiger partial charge in [-0.05, 0) is 36.4 Å². The number of hydrogen-bond donors (Lipinski definition) is 1. The van der Waals surface area contributed by atoms with Crippen molar-refractivity contribution in [2.75, 3.05) is 26.1 Å². The highest BCUT2D eigenvalue weighted by molar-refractivity contribution is 8.03. The van der Waals surface area contributed by atoms with Crippen LogP contribution in [0.15, 0.2) is 17.0 Å². The molecule has 0 aliphatic carbocycles. The number of hydrogen-bond acceptors (Lipinski definition) is 6. The maximum Gasteiger partial charge on any atom is 0.339 e. The van der Waals surface area contributed by atoms with Crippen LogP contribution in [0.25, 0.3) is 0 Å². The van der Waals surface area contributed by atoms with Crippen molar-refractivity contribution in [1.82, 2.24) is 0 Å². The molecule has 1 aromatic carbocycles. The third-order valence-electron chi connectivity index (χ3n) is 2.35. The molecule has 0 spiro atoms. The van der Waals surface area contributed by atoms with Crippen LogP contribution in [-0.4, -0.2) is 26.3 Å². The van der Waals surface area contributed by atoms with Gasteiger partial charge in [-0.2, -0.15) is 5.26 Å². The van der Waals surface area contributed by atoms with Gasteiger partial charge in [0, 0.05) is 17.7 Å². The van der Waals surface area contributed by atoms with Gasteiger partial charge in [-0.15, -0.1) is 0 Å². The van der Waals surface area contributed by atoms with Gasteiger partial charge in [0.1, 0.15) is 12.0 Å². The zero-order valence-corrected chi connectivity index (χ0v) is 11.0. The number of esters is 1.